The van der Waals surface area contributed by atoms with Gasteiger partial charge in [-0.3, -0.25) is 4.90 Å². The van der Waals surface area contributed by atoms with Crippen LogP contribution in [0.4, 0.5) is 11.5 Å². The van der Waals surface area contributed by atoms with Crippen molar-refractivity contribution < 1.29 is 28.4 Å². The first-order valence-corrected chi connectivity index (χ1v) is 14.2. The minimum atomic E-state index is -0.0802. The molecule has 0 bridgehead atoms. The van der Waals surface area contributed by atoms with E-state index in [0.717, 1.165) is 39.3 Å². The van der Waals surface area contributed by atoms with E-state index < -0.39 is 0 Å². The summed E-state index contributed by atoms with van der Waals surface area (Å²) in [6.45, 7) is 9.61. The molecule has 1 aromatic heterocycles. The third-order valence-corrected chi connectivity index (χ3v) is 6.82. The van der Waals surface area contributed by atoms with Crippen molar-refractivity contribution >= 4 is 34.0 Å². The van der Waals surface area contributed by atoms with Crippen LogP contribution in [-0.2, 0) is 9.47 Å². The van der Waals surface area contributed by atoms with Gasteiger partial charge in [-0.1, -0.05) is 23.4 Å². The summed E-state index contributed by atoms with van der Waals surface area (Å²) in [6.07, 6.45) is 2.92. The van der Waals surface area contributed by atoms with E-state index in [1.54, 1.807) is 13.2 Å². The second-order valence-corrected chi connectivity index (χ2v) is 10.3. The topological polar surface area (TPSA) is 96.4 Å². The average molecular weight is 583 g/mol. The number of benzene rings is 2. The Morgan fingerprint density at radius 3 is 2.73 bits per heavy atom. The van der Waals surface area contributed by atoms with Gasteiger partial charge in [0, 0.05) is 45.3 Å². The van der Waals surface area contributed by atoms with Crippen molar-refractivity contribution in [2.75, 3.05) is 65.3 Å². The highest BCUT2D eigenvalue weighted by atomic mass is 35.5. The summed E-state index contributed by atoms with van der Waals surface area (Å²) in [6, 6.07) is 5.54. The number of aromatic nitrogens is 2. The molecule has 10 nitrogen and oxygen atoms in total. The lowest BCUT2D eigenvalue weighted by atomic mass is 10.1. The second kappa shape index (κ2) is 13.9. The first-order chi connectivity index (χ1) is 20.0. The predicted octanol–water partition coefficient (Wildman–Crippen LogP) is 5.03. The van der Waals surface area contributed by atoms with E-state index in [1.807, 2.05) is 26.0 Å². The van der Waals surface area contributed by atoms with E-state index in [1.165, 1.54) is 6.33 Å². The summed E-state index contributed by atoms with van der Waals surface area (Å²) in [5.74, 6) is 9.00. The molecule has 0 atom stereocenters. The van der Waals surface area contributed by atoms with Crippen LogP contribution < -0.4 is 24.3 Å². The molecule has 5 rings (SSSR count). The number of nitrogens with one attached hydrogen (secondary N) is 1. The Morgan fingerprint density at radius 1 is 1.10 bits per heavy atom. The Labute approximate surface area is 245 Å². The number of halogens is 1. The van der Waals surface area contributed by atoms with Gasteiger partial charge in [0.15, 0.2) is 11.5 Å². The first kappa shape index (κ1) is 29.0. The minimum absolute atomic E-state index is 0.0651. The van der Waals surface area contributed by atoms with E-state index in [0.29, 0.717) is 75.6 Å². The predicted molar refractivity (Wildman–Crippen MR) is 157 cm³/mol. The lowest BCUT2D eigenvalue weighted by molar-refractivity contribution is 0.0358. The number of methoxy groups -OCH3 is 1. The fraction of sp³-hybridized carbons (Fsp3) is 0.467. The smallest absolute Gasteiger partial charge is 0.231 e. The van der Waals surface area contributed by atoms with Crippen molar-refractivity contribution in [2.45, 2.75) is 32.8 Å². The maximum Gasteiger partial charge on any atom is 0.231 e. The van der Waals surface area contributed by atoms with Crippen molar-refractivity contribution in [3.8, 4) is 34.8 Å². The van der Waals surface area contributed by atoms with Crippen molar-refractivity contribution in [3.63, 3.8) is 0 Å². The van der Waals surface area contributed by atoms with Crippen LogP contribution in [0, 0.1) is 11.8 Å². The Morgan fingerprint density at radius 2 is 1.93 bits per heavy atom. The monoisotopic (exact) mass is 582 g/mol. The summed E-state index contributed by atoms with van der Waals surface area (Å²) in [5.41, 5.74) is 1.85. The van der Waals surface area contributed by atoms with E-state index in [2.05, 4.69) is 32.0 Å². The number of morpholine rings is 1. The third kappa shape index (κ3) is 7.24. The molecule has 218 valence electrons. The molecule has 0 amide bonds. The third-order valence-electron chi connectivity index (χ3n) is 6.52. The SMILES string of the molecule is COCCC#Cc1cc(Cl)c(Nc2ncnc3cc(OCCCN4CCOCC4)cc(OC(C)C)c23)c2c1OCO2. The standard InChI is InChI=1S/C30H35ClN4O6/c1-20(2)41-25-17-22(38-12-6-8-35-9-13-37-14-10-35)16-24-26(25)30(33-18-32-24)34-27-23(31)15-21(7-4-5-11-36-3)28-29(27)40-19-39-28/h15-18,20H,5-6,8-14,19H2,1-3H3,(H,32,33,34). The molecule has 41 heavy (non-hydrogen) atoms. The lowest BCUT2D eigenvalue weighted by Gasteiger charge is -2.26. The van der Waals surface area contributed by atoms with Crippen molar-refractivity contribution in [1.29, 1.82) is 0 Å². The quantitative estimate of drug-likeness (QED) is 0.245. The average Bonchev–Trinajstić information content (AvgIpc) is 3.46. The number of nitrogens with zero attached hydrogens (tertiary/aromatic N) is 3. The van der Waals surface area contributed by atoms with Crippen LogP contribution in [0.15, 0.2) is 24.5 Å². The molecule has 0 radical (unpaired) electrons. The molecule has 2 aliphatic rings. The minimum Gasteiger partial charge on any atom is -0.493 e. The van der Waals surface area contributed by atoms with Gasteiger partial charge in [0.25, 0.3) is 0 Å². The number of fused-ring (bicyclic) bond motifs is 2. The molecule has 1 fully saturated rings. The highest BCUT2D eigenvalue weighted by molar-refractivity contribution is 6.34. The summed E-state index contributed by atoms with van der Waals surface area (Å²) in [7, 11) is 1.64. The Hall–Kier alpha value is -3.49. The fourth-order valence-electron chi connectivity index (χ4n) is 4.63. The molecule has 0 spiro atoms. The van der Waals surface area contributed by atoms with E-state index >= 15 is 0 Å². The lowest BCUT2D eigenvalue weighted by Crippen LogP contribution is -2.37. The van der Waals surface area contributed by atoms with E-state index in [4.69, 9.17) is 40.0 Å². The van der Waals surface area contributed by atoms with Gasteiger partial charge in [-0.15, -0.1) is 0 Å². The normalized spacial score (nSPS) is 14.7. The molecular weight excluding hydrogens is 548 g/mol. The molecule has 2 aliphatic heterocycles. The van der Waals surface area contributed by atoms with E-state index in [9.17, 15) is 0 Å². The van der Waals surface area contributed by atoms with Crippen LogP contribution in [-0.4, -0.2) is 80.9 Å². The Bertz CT molecular complexity index is 1420. The van der Waals surface area contributed by atoms with Gasteiger partial charge in [0.05, 0.1) is 54.0 Å². The van der Waals surface area contributed by atoms with E-state index in [-0.39, 0.29) is 12.9 Å². The highest BCUT2D eigenvalue weighted by Crippen LogP contribution is 2.48. The van der Waals surface area contributed by atoms with Gasteiger partial charge in [0.2, 0.25) is 6.79 Å². The van der Waals surface area contributed by atoms with Crippen LogP contribution >= 0.6 is 11.6 Å². The fourth-order valence-corrected chi connectivity index (χ4v) is 4.88. The van der Waals surface area contributed by atoms with Crippen LogP contribution in [0.2, 0.25) is 5.02 Å². The number of hydrogen-bond donors (Lipinski definition) is 1. The van der Waals surface area contributed by atoms with Crippen molar-refractivity contribution in [1.82, 2.24) is 14.9 Å². The molecule has 3 aromatic rings. The summed E-state index contributed by atoms with van der Waals surface area (Å²) in [5, 5.41) is 4.47. The van der Waals surface area contributed by atoms with Gasteiger partial charge in [-0.05, 0) is 26.3 Å². The van der Waals surface area contributed by atoms with Crippen LogP contribution in [0.25, 0.3) is 10.9 Å². The largest absolute Gasteiger partial charge is 0.493 e. The molecule has 0 unspecified atom stereocenters. The van der Waals surface area contributed by atoms with Crippen LogP contribution in [0.3, 0.4) is 0 Å². The number of rotatable bonds is 11. The van der Waals surface area contributed by atoms with Gasteiger partial charge in [-0.2, -0.15) is 0 Å². The van der Waals surface area contributed by atoms with Gasteiger partial charge in [0.1, 0.15) is 29.3 Å². The maximum absolute atomic E-state index is 6.74. The molecule has 1 saturated heterocycles. The van der Waals surface area contributed by atoms with Crippen molar-refractivity contribution in [2.24, 2.45) is 0 Å². The number of anilines is 2. The van der Waals surface area contributed by atoms with Crippen molar-refractivity contribution in [3.05, 3.63) is 35.1 Å². The molecule has 2 aromatic carbocycles. The van der Waals surface area contributed by atoms with Crippen LogP contribution in [0.5, 0.6) is 23.0 Å². The zero-order valence-electron chi connectivity index (χ0n) is 23.6. The zero-order valence-corrected chi connectivity index (χ0v) is 24.4. The molecule has 0 aliphatic carbocycles. The van der Waals surface area contributed by atoms with Gasteiger partial charge in [-0.25, -0.2) is 9.97 Å². The summed E-state index contributed by atoms with van der Waals surface area (Å²) < 4.78 is 34.4. The second-order valence-electron chi connectivity index (χ2n) is 9.88. The number of ether oxygens (including phenoxy) is 6. The van der Waals surface area contributed by atoms with Gasteiger partial charge >= 0.3 is 0 Å². The molecule has 3 heterocycles. The van der Waals surface area contributed by atoms with Crippen LogP contribution in [0.1, 0.15) is 32.3 Å². The summed E-state index contributed by atoms with van der Waals surface area (Å²) in [4.78, 5) is 11.4. The first-order valence-electron chi connectivity index (χ1n) is 13.8. The number of hydrogen-bond acceptors (Lipinski definition) is 10. The molecular formula is C30H35ClN4O6. The van der Waals surface area contributed by atoms with Gasteiger partial charge < -0.3 is 33.7 Å². The molecule has 1 N–H and O–H groups in total. The highest BCUT2D eigenvalue weighted by Gasteiger charge is 2.26. The molecule has 0 saturated carbocycles. The Balaban J connectivity index is 1.40. The maximum atomic E-state index is 6.74. The zero-order chi connectivity index (χ0) is 28.6. The Kier molecular flexibility index (Phi) is 9.85. The molecule has 11 heteroatoms. The summed E-state index contributed by atoms with van der Waals surface area (Å²) >= 11 is 6.74.